The summed E-state index contributed by atoms with van der Waals surface area (Å²) >= 11 is 5.96. The van der Waals surface area contributed by atoms with Crippen molar-refractivity contribution in [3.8, 4) is 0 Å². The molecule has 0 saturated carbocycles. The molecule has 0 atom stereocenters. The Morgan fingerprint density at radius 2 is 1.84 bits per heavy atom. The number of hydrogen-bond donors (Lipinski definition) is 1. The maximum atomic E-state index is 12.5. The topological polar surface area (TPSA) is 86.8 Å². The van der Waals surface area contributed by atoms with Gasteiger partial charge in [0.15, 0.2) is 0 Å². The van der Waals surface area contributed by atoms with E-state index in [9.17, 15) is 18.0 Å². The summed E-state index contributed by atoms with van der Waals surface area (Å²) in [5, 5.41) is 3.26. The normalized spacial score (nSPS) is 14.0. The summed E-state index contributed by atoms with van der Waals surface area (Å²) in [5.41, 5.74) is 3.01. The Bertz CT molecular complexity index is 1070. The molecule has 0 aliphatic carbocycles. The highest BCUT2D eigenvalue weighted by Crippen LogP contribution is 2.25. The van der Waals surface area contributed by atoms with Crippen LogP contribution in [-0.4, -0.2) is 44.5 Å². The zero-order valence-electron chi connectivity index (χ0n) is 17.6. The molecule has 2 aromatic carbocycles. The number of amides is 2. The van der Waals surface area contributed by atoms with Crippen LogP contribution >= 0.6 is 11.6 Å². The number of hydrogen-bond acceptors (Lipinski definition) is 4. The van der Waals surface area contributed by atoms with E-state index < -0.39 is 15.9 Å². The summed E-state index contributed by atoms with van der Waals surface area (Å²) < 4.78 is 25.6. The van der Waals surface area contributed by atoms with Gasteiger partial charge in [-0.25, -0.2) is 8.42 Å². The second-order valence-electron chi connectivity index (χ2n) is 7.71. The molecule has 31 heavy (non-hydrogen) atoms. The minimum Gasteiger partial charge on any atom is -0.350 e. The predicted molar refractivity (Wildman–Crippen MR) is 121 cm³/mol. The number of benzene rings is 2. The Morgan fingerprint density at radius 3 is 2.42 bits per heavy atom. The first kappa shape index (κ1) is 23.1. The molecule has 0 aromatic heterocycles. The van der Waals surface area contributed by atoms with E-state index in [0.29, 0.717) is 29.2 Å². The predicted octanol–water partition coefficient (Wildman–Crippen LogP) is 2.85. The number of halogens is 1. The van der Waals surface area contributed by atoms with Gasteiger partial charge in [0.05, 0.1) is 11.9 Å². The summed E-state index contributed by atoms with van der Waals surface area (Å²) in [6, 6.07) is 12.5. The molecule has 1 fully saturated rings. The second-order valence-corrected chi connectivity index (χ2v) is 10.1. The van der Waals surface area contributed by atoms with Gasteiger partial charge in [0.1, 0.15) is 6.54 Å². The highest BCUT2D eigenvalue weighted by Gasteiger charge is 2.22. The van der Waals surface area contributed by atoms with Gasteiger partial charge in [0.2, 0.25) is 21.8 Å². The summed E-state index contributed by atoms with van der Waals surface area (Å²) in [6.07, 6.45) is 2.59. The molecule has 0 radical (unpaired) electrons. The average molecular weight is 464 g/mol. The van der Waals surface area contributed by atoms with Crippen LogP contribution in [-0.2, 0) is 32.7 Å². The van der Waals surface area contributed by atoms with E-state index in [1.54, 1.807) is 25.1 Å². The molecule has 3 rings (SSSR count). The molecule has 0 spiro atoms. The van der Waals surface area contributed by atoms with Crippen LogP contribution in [0.2, 0.25) is 5.02 Å². The van der Waals surface area contributed by atoms with E-state index in [2.05, 4.69) is 5.32 Å². The summed E-state index contributed by atoms with van der Waals surface area (Å²) in [4.78, 5) is 26.1. The SMILES string of the molecule is Cc1cc(Cl)ccc1N(CC(=O)NCc1ccc(CN2CCCC2=O)cc1)S(C)(=O)=O. The average Bonchev–Trinajstić information content (AvgIpc) is 3.10. The number of sulfonamides is 1. The lowest BCUT2D eigenvalue weighted by Gasteiger charge is -2.23. The Balaban J connectivity index is 1.59. The van der Waals surface area contributed by atoms with Crippen LogP contribution in [0.4, 0.5) is 5.69 Å². The lowest BCUT2D eigenvalue weighted by molar-refractivity contribution is -0.128. The van der Waals surface area contributed by atoms with Crippen molar-refractivity contribution in [3.63, 3.8) is 0 Å². The first-order valence-electron chi connectivity index (χ1n) is 9.99. The second kappa shape index (κ2) is 9.70. The Kier molecular flexibility index (Phi) is 7.23. The highest BCUT2D eigenvalue weighted by atomic mass is 35.5. The molecule has 1 aliphatic rings. The van der Waals surface area contributed by atoms with Crippen molar-refractivity contribution in [1.29, 1.82) is 0 Å². The Morgan fingerprint density at radius 1 is 1.16 bits per heavy atom. The molecule has 1 heterocycles. The third kappa shape index (κ3) is 6.21. The Labute approximate surface area is 188 Å². The maximum Gasteiger partial charge on any atom is 0.241 e. The molecule has 1 N–H and O–H groups in total. The molecule has 7 nitrogen and oxygen atoms in total. The zero-order chi connectivity index (χ0) is 22.6. The number of rotatable bonds is 8. The van der Waals surface area contributed by atoms with Crippen LogP contribution in [0.25, 0.3) is 0 Å². The monoisotopic (exact) mass is 463 g/mol. The molecular weight excluding hydrogens is 438 g/mol. The quantitative estimate of drug-likeness (QED) is 0.652. The van der Waals surface area contributed by atoms with Crippen molar-refractivity contribution < 1.29 is 18.0 Å². The number of carbonyl (C=O) groups is 2. The van der Waals surface area contributed by atoms with E-state index in [0.717, 1.165) is 34.7 Å². The number of likely N-dealkylation sites (tertiary alicyclic amines) is 1. The fourth-order valence-corrected chi connectivity index (χ4v) is 4.66. The molecule has 166 valence electrons. The van der Waals surface area contributed by atoms with Crippen LogP contribution in [0, 0.1) is 6.92 Å². The fraction of sp³-hybridized carbons (Fsp3) is 0.364. The van der Waals surface area contributed by atoms with Gasteiger partial charge in [-0.3, -0.25) is 13.9 Å². The van der Waals surface area contributed by atoms with E-state index in [-0.39, 0.29) is 19.0 Å². The van der Waals surface area contributed by atoms with Gasteiger partial charge in [-0.05, 0) is 48.2 Å². The van der Waals surface area contributed by atoms with Gasteiger partial charge < -0.3 is 10.2 Å². The number of aryl methyl sites for hydroxylation is 1. The lowest BCUT2D eigenvalue weighted by Crippen LogP contribution is -2.40. The number of carbonyl (C=O) groups excluding carboxylic acids is 2. The van der Waals surface area contributed by atoms with Crippen molar-refractivity contribution in [2.45, 2.75) is 32.9 Å². The third-order valence-corrected chi connectivity index (χ3v) is 6.53. The van der Waals surface area contributed by atoms with Gasteiger partial charge in [-0.1, -0.05) is 35.9 Å². The van der Waals surface area contributed by atoms with Crippen LogP contribution < -0.4 is 9.62 Å². The van der Waals surface area contributed by atoms with E-state index >= 15 is 0 Å². The van der Waals surface area contributed by atoms with Crippen LogP contribution in [0.5, 0.6) is 0 Å². The first-order valence-corrected chi connectivity index (χ1v) is 12.2. The number of nitrogens with zero attached hydrogens (tertiary/aromatic N) is 2. The highest BCUT2D eigenvalue weighted by molar-refractivity contribution is 7.92. The summed E-state index contributed by atoms with van der Waals surface area (Å²) in [6.45, 7) is 3.08. The van der Waals surface area contributed by atoms with E-state index in [4.69, 9.17) is 11.6 Å². The van der Waals surface area contributed by atoms with Gasteiger partial charge in [0, 0.05) is 31.1 Å². The smallest absolute Gasteiger partial charge is 0.241 e. The van der Waals surface area contributed by atoms with Crippen molar-refractivity contribution in [1.82, 2.24) is 10.2 Å². The number of anilines is 1. The van der Waals surface area contributed by atoms with Crippen molar-refractivity contribution >= 4 is 39.1 Å². The largest absolute Gasteiger partial charge is 0.350 e. The summed E-state index contributed by atoms with van der Waals surface area (Å²) in [7, 11) is -3.66. The molecular formula is C22H26ClN3O4S. The van der Waals surface area contributed by atoms with Crippen LogP contribution in [0.3, 0.4) is 0 Å². The molecule has 2 amide bonds. The van der Waals surface area contributed by atoms with Crippen molar-refractivity contribution in [2.24, 2.45) is 0 Å². The number of nitrogens with one attached hydrogen (secondary N) is 1. The Hall–Kier alpha value is -2.58. The van der Waals surface area contributed by atoms with Gasteiger partial charge in [-0.15, -0.1) is 0 Å². The van der Waals surface area contributed by atoms with E-state index in [1.165, 1.54) is 0 Å². The fourth-order valence-electron chi connectivity index (χ4n) is 3.52. The minimum atomic E-state index is -3.66. The standard InChI is InChI=1S/C22H26ClN3O4S/c1-16-12-19(23)9-10-20(16)26(31(2,29)30)15-21(27)24-13-17-5-7-18(8-6-17)14-25-11-3-4-22(25)28/h5-10,12H,3-4,11,13-15H2,1-2H3,(H,24,27). The third-order valence-electron chi connectivity index (χ3n) is 5.17. The molecule has 0 unspecified atom stereocenters. The first-order chi connectivity index (χ1) is 14.6. The van der Waals surface area contributed by atoms with Crippen molar-refractivity contribution in [3.05, 3.63) is 64.2 Å². The van der Waals surface area contributed by atoms with Crippen LogP contribution in [0.15, 0.2) is 42.5 Å². The van der Waals surface area contributed by atoms with E-state index in [1.807, 2.05) is 29.2 Å². The zero-order valence-corrected chi connectivity index (χ0v) is 19.2. The summed E-state index contributed by atoms with van der Waals surface area (Å²) in [5.74, 6) is -0.228. The lowest BCUT2D eigenvalue weighted by atomic mass is 10.1. The van der Waals surface area contributed by atoms with Gasteiger partial charge in [0.25, 0.3) is 0 Å². The molecule has 2 aromatic rings. The van der Waals surface area contributed by atoms with Gasteiger partial charge >= 0.3 is 0 Å². The maximum absolute atomic E-state index is 12.5. The van der Waals surface area contributed by atoms with Crippen molar-refractivity contribution in [2.75, 3.05) is 23.7 Å². The minimum absolute atomic E-state index is 0.183. The molecule has 1 saturated heterocycles. The molecule has 1 aliphatic heterocycles. The molecule has 0 bridgehead atoms. The van der Waals surface area contributed by atoms with Gasteiger partial charge in [-0.2, -0.15) is 0 Å². The molecule has 9 heteroatoms. The van der Waals surface area contributed by atoms with Crippen LogP contribution in [0.1, 0.15) is 29.5 Å².